The molecule has 4 heteroatoms. The molecule has 1 rings (SSSR count). The number of nitrogens with one attached hydrogen (secondary N) is 2. The molecule has 0 aromatic heterocycles. The van der Waals surface area contributed by atoms with E-state index in [4.69, 9.17) is 5.26 Å². The molecule has 2 N–H and O–H groups in total. The van der Waals surface area contributed by atoms with Gasteiger partial charge in [-0.1, -0.05) is 6.92 Å². The van der Waals surface area contributed by atoms with Crippen LogP contribution in [-0.2, 0) is 4.79 Å². The molecule has 1 heterocycles. The highest BCUT2D eigenvalue weighted by Crippen LogP contribution is 2.15. The number of carbonyl (C=O) groups is 1. The van der Waals surface area contributed by atoms with Crippen molar-refractivity contribution in [1.29, 1.82) is 5.26 Å². The highest BCUT2D eigenvalue weighted by Gasteiger charge is 2.28. The lowest BCUT2D eigenvalue weighted by atomic mass is 9.97. The molecule has 0 aromatic rings. The summed E-state index contributed by atoms with van der Waals surface area (Å²) in [6, 6.07) is 2.06. The van der Waals surface area contributed by atoms with Crippen molar-refractivity contribution in [3.63, 3.8) is 0 Å². The van der Waals surface area contributed by atoms with Gasteiger partial charge in [-0.15, -0.1) is 0 Å². The van der Waals surface area contributed by atoms with Crippen LogP contribution >= 0.6 is 0 Å². The van der Waals surface area contributed by atoms with Crippen LogP contribution in [0.2, 0.25) is 0 Å². The van der Waals surface area contributed by atoms with Crippen LogP contribution < -0.4 is 10.6 Å². The van der Waals surface area contributed by atoms with E-state index < -0.39 is 0 Å². The average Bonchev–Trinajstić information content (AvgIpc) is 2.59. The maximum Gasteiger partial charge on any atom is 0.224 e. The Morgan fingerprint density at radius 2 is 2.43 bits per heavy atom. The Bertz CT molecular complexity index is 234. The Balaban J connectivity index is 2.18. The number of hydrogen-bond donors (Lipinski definition) is 2. The van der Waals surface area contributed by atoms with Crippen molar-refractivity contribution in [2.45, 2.75) is 19.8 Å². The number of rotatable bonds is 4. The third-order valence-electron chi connectivity index (χ3n) is 2.62. The van der Waals surface area contributed by atoms with Crippen molar-refractivity contribution in [3.05, 3.63) is 0 Å². The molecule has 4 nitrogen and oxygen atoms in total. The monoisotopic (exact) mass is 195 g/mol. The minimum atomic E-state index is 0.108. The molecule has 2 atom stereocenters. The fourth-order valence-electron chi connectivity index (χ4n) is 1.67. The number of hydrogen-bond acceptors (Lipinski definition) is 3. The summed E-state index contributed by atoms with van der Waals surface area (Å²) < 4.78 is 0. The summed E-state index contributed by atoms with van der Waals surface area (Å²) in [5.41, 5.74) is 0. The van der Waals surface area contributed by atoms with Crippen molar-refractivity contribution >= 4 is 5.91 Å². The van der Waals surface area contributed by atoms with E-state index in [1.54, 1.807) is 0 Å². The predicted octanol–water partition coefficient (Wildman–Crippen LogP) is 0.262. The van der Waals surface area contributed by atoms with E-state index >= 15 is 0 Å². The zero-order valence-corrected chi connectivity index (χ0v) is 8.55. The lowest BCUT2D eigenvalue weighted by Crippen LogP contribution is -2.34. The quantitative estimate of drug-likeness (QED) is 0.632. The molecule has 0 bridgehead atoms. The Kier molecular flexibility index (Phi) is 4.41. The average molecular weight is 195 g/mol. The third-order valence-corrected chi connectivity index (χ3v) is 2.62. The molecule has 0 spiro atoms. The summed E-state index contributed by atoms with van der Waals surface area (Å²) in [5.74, 6) is 0.656. The maximum atomic E-state index is 11.6. The fraction of sp³-hybridized carbons (Fsp3) is 0.800. The summed E-state index contributed by atoms with van der Waals surface area (Å²) in [6.45, 7) is 4.41. The lowest BCUT2D eigenvalue weighted by molar-refractivity contribution is -0.125. The largest absolute Gasteiger partial charge is 0.356 e. The second-order valence-corrected chi connectivity index (χ2v) is 3.79. The van der Waals surface area contributed by atoms with E-state index in [1.165, 1.54) is 0 Å². The first-order valence-corrected chi connectivity index (χ1v) is 5.11. The smallest absolute Gasteiger partial charge is 0.224 e. The Morgan fingerprint density at radius 1 is 1.64 bits per heavy atom. The van der Waals surface area contributed by atoms with Gasteiger partial charge in [0.2, 0.25) is 5.91 Å². The first-order chi connectivity index (χ1) is 6.75. The van der Waals surface area contributed by atoms with Crippen LogP contribution in [0.4, 0.5) is 0 Å². The minimum absolute atomic E-state index is 0.108. The molecule has 0 unspecified atom stereocenters. The Morgan fingerprint density at radius 3 is 3.00 bits per heavy atom. The van der Waals surface area contributed by atoms with Gasteiger partial charge in [0, 0.05) is 19.5 Å². The first-order valence-electron chi connectivity index (χ1n) is 5.11. The first kappa shape index (κ1) is 11.0. The SMILES string of the molecule is C[C@@H]1CNC[C@H]1C(=O)NCCCC#N. The second-order valence-electron chi connectivity index (χ2n) is 3.79. The van der Waals surface area contributed by atoms with E-state index in [1.807, 2.05) is 0 Å². The molecule has 1 amide bonds. The van der Waals surface area contributed by atoms with Gasteiger partial charge in [-0.3, -0.25) is 4.79 Å². The van der Waals surface area contributed by atoms with Crippen molar-refractivity contribution in [2.24, 2.45) is 11.8 Å². The molecule has 0 saturated carbocycles. The van der Waals surface area contributed by atoms with Crippen LogP contribution in [-0.4, -0.2) is 25.5 Å². The molecule has 1 aliphatic heterocycles. The molecule has 1 saturated heterocycles. The molecule has 14 heavy (non-hydrogen) atoms. The van der Waals surface area contributed by atoms with E-state index in [9.17, 15) is 4.79 Å². The van der Waals surface area contributed by atoms with Gasteiger partial charge in [-0.05, 0) is 18.9 Å². The highest BCUT2D eigenvalue weighted by molar-refractivity contribution is 5.79. The number of unbranched alkanes of at least 4 members (excludes halogenated alkanes) is 1. The van der Waals surface area contributed by atoms with E-state index in [0.29, 0.717) is 18.9 Å². The number of amides is 1. The Hall–Kier alpha value is -1.08. The molecular formula is C10H17N3O. The molecule has 1 aliphatic rings. The van der Waals surface area contributed by atoms with Gasteiger partial charge in [0.25, 0.3) is 0 Å². The van der Waals surface area contributed by atoms with Crippen LogP contribution in [0.25, 0.3) is 0 Å². The molecule has 78 valence electrons. The molecule has 0 radical (unpaired) electrons. The summed E-state index contributed by atoms with van der Waals surface area (Å²) >= 11 is 0. The minimum Gasteiger partial charge on any atom is -0.356 e. The molecule has 0 aliphatic carbocycles. The standard InChI is InChI=1S/C10H17N3O/c1-8-6-12-7-9(8)10(14)13-5-3-2-4-11/h8-9,12H,2-3,5-7H2,1H3,(H,13,14)/t8-,9-/m1/s1. The number of nitrogens with zero attached hydrogens (tertiary/aromatic N) is 1. The van der Waals surface area contributed by atoms with Crippen LogP contribution in [0.3, 0.4) is 0 Å². The summed E-state index contributed by atoms with van der Waals surface area (Å²) in [4.78, 5) is 11.6. The van der Waals surface area contributed by atoms with Crippen molar-refractivity contribution in [2.75, 3.05) is 19.6 Å². The predicted molar refractivity (Wildman–Crippen MR) is 53.4 cm³/mol. The summed E-state index contributed by atoms with van der Waals surface area (Å²) in [7, 11) is 0. The van der Waals surface area contributed by atoms with Crippen LogP contribution in [0.1, 0.15) is 19.8 Å². The summed E-state index contributed by atoms with van der Waals surface area (Å²) in [6.07, 6.45) is 1.26. The van der Waals surface area contributed by atoms with Crippen LogP contribution in [0.5, 0.6) is 0 Å². The molecule has 0 aromatic carbocycles. The van der Waals surface area contributed by atoms with Crippen LogP contribution in [0, 0.1) is 23.2 Å². The van der Waals surface area contributed by atoms with Crippen molar-refractivity contribution in [1.82, 2.24) is 10.6 Å². The molecule has 1 fully saturated rings. The zero-order valence-electron chi connectivity index (χ0n) is 8.55. The van der Waals surface area contributed by atoms with Crippen LogP contribution in [0.15, 0.2) is 0 Å². The van der Waals surface area contributed by atoms with E-state index in [0.717, 1.165) is 19.5 Å². The fourth-order valence-corrected chi connectivity index (χ4v) is 1.67. The van der Waals surface area contributed by atoms with Gasteiger partial charge in [-0.25, -0.2) is 0 Å². The topological polar surface area (TPSA) is 64.9 Å². The lowest BCUT2D eigenvalue weighted by Gasteiger charge is -2.13. The van der Waals surface area contributed by atoms with E-state index in [2.05, 4.69) is 23.6 Å². The van der Waals surface area contributed by atoms with Gasteiger partial charge in [0.05, 0.1) is 12.0 Å². The van der Waals surface area contributed by atoms with E-state index in [-0.39, 0.29) is 11.8 Å². The van der Waals surface area contributed by atoms with Gasteiger partial charge < -0.3 is 10.6 Å². The summed E-state index contributed by atoms with van der Waals surface area (Å²) in [5, 5.41) is 14.4. The third kappa shape index (κ3) is 3.00. The molecular weight excluding hydrogens is 178 g/mol. The van der Waals surface area contributed by atoms with Gasteiger partial charge >= 0.3 is 0 Å². The van der Waals surface area contributed by atoms with Gasteiger partial charge in [0.1, 0.15) is 0 Å². The Labute approximate surface area is 84.7 Å². The maximum absolute atomic E-state index is 11.6. The second kappa shape index (κ2) is 5.61. The van der Waals surface area contributed by atoms with Crippen molar-refractivity contribution < 1.29 is 4.79 Å². The number of carbonyl (C=O) groups excluding carboxylic acids is 1. The van der Waals surface area contributed by atoms with Gasteiger partial charge in [0.15, 0.2) is 0 Å². The number of nitriles is 1. The van der Waals surface area contributed by atoms with Crippen molar-refractivity contribution in [3.8, 4) is 6.07 Å². The van der Waals surface area contributed by atoms with Gasteiger partial charge in [-0.2, -0.15) is 5.26 Å². The normalized spacial score (nSPS) is 25.7. The zero-order chi connectivity index (χ0) is 10.4. The highest BCUT2D eigenvalue weighted by atomic mass is 16.1.